The maximum absolute atomic E-state index is 12.3. The van der Waals surface area contributed by atoms with Gasteiger partial charge in [0.1, 0.15) is 0 Å². The van der Waals surface area contributed by atoms with Gasteiger partial charge in [0.05, 0.1) is 18.4 Å². The standard InChI is InChI=1S/C19H20N4O2/c20-9-3-10-22-12-14(16-4-1-2-5-17(16)22)6-7-18(24)23-11-8-15(13-23)19(21)25/h1-2,4-7,12,15H,3,8,10-11,13H2,(H2,21,25)/b7-6+/t15-/m0/s1. The van der Waals surface area contributed by atoms with Crippen LogP contribution in [-0.4, -0.2) is 34.4 Å². The highest BCUT2D eigenvalue weighted by molar-refractivity contribution is 5.96. The first-order valence-corrected chi connectivity index (χ1v) is 8.31. The first-order chi connectivity index (χ1) is 12.1. The molecule has 128 valence electrons. The fourth-order valence-electron chi connectivity index (χ4n) is 3.22. The molecular weight excluding hydrogens is 316 g/mol. The Bertz CT molecular complexity index is 875. The number of hydrogen-bond acceptors (Lipinski definition) is 3. The summed E-state index contributed by atoms with van der Waals surface area (Å²) >= 11 is 0. The van der Waals surface area contributed by atoms with Gasteiger partial charge >= 0.3 is 0 Å². The molecule has 0 aliphatic carbocycles. The van der Waals surface area contributed by atoms with Crippen molar-refractivity contribution in [2.45, 2.75) is 19.4 Å². The van der Waals surface area contributed by atoms with Crippen LogP contribution >= 0.6 is 0 Å². The number of benzene rings is 1. The maximum atomic E-state index is 12.3. The van der Waals surface area contributed by atoms with Crippen molar-refractivity contribution in [2.75, 3.05) is 13.1 Å². The van der Waals surface area contributed by atoms with Crippen molar-refractivity contribution < 1.29 is 9.59 Å². The predicted molar refractivity (Wildman–Crippen MR) is 95.1 cm³/mol. The Morgan fingerprint density at radius 2 is 2.16 bits per heavy atom. The van der Waals surface area contributed by atoms with E-state index >= 15 is 0 Å². The zero-order valence-electron chi connectivity index (χ0n) is 13.9. The summed E-state index contributed by atoms with van der Waals surface area (Å²) in [4.78, 5) is 25.2. The zero-order chi connectivity index (χ0) is 17.8. The van der Waals surface area contributed by atoms with Crippen molar-refractivity contribution in [1.82, 2.24) is 9.47 Å². The van der Waals surface area contributed by atoms with Crippen LogP contribution in [0.4, 0.5) is 0 Å². The van der Waals surface area contributed by atoms with Gasteiger partial charge in [0.15, 0.2) is 0 Å². The molecule has 0 unspecified atom stereocenters. The number of nitrogens with zero attached hydrogens (tertiary/aromatic N) is 3. The number of rotatable bonds is 5. The molecule has 0 radical (unpaired) electrons. The summed E-state index contributed by atoms with van der Waals surface area (Å²) in [6, 6.07) is 10.1. The predicted octanol–water partition coefficient (Wildman–Crippen LogP) is 1.90. The van der Waals surface area contributed by atoms with E-state index in [0.717, 1.165) is 16.5 Å². The summed E-state index contributed by atoms with van der Waals surface area (Å²) in [6.07, 6.45) is 6.36. The number of primary amides is 1. The molecule has 2 N–H and O–H groups in total. The quantitative estimate of drug-likeness (QED) is 0.845. The van der Waals surface area contributed by atoms with Crippen LogP contribution in [0.2, 0.25) is 0 Å². The number of fused-ring (bicyclic) bond motifs is 1. The van der Waals surface area contributed by atoms with Crippen molar-refractivity contribution in [1.29, 1.82) is 5.26 Å². The number of likely N-dealkylation sites (tertiary alicyclic amines) is 1. The average molecular weight is 336 g/mol. The molecule has 0 spiro atoms. The lowest BCUT2D eigenvalue weighted by molar-refractivity contribution is -0.125. The van der Waals surface area contributed by atoms with Gasteiger partial charge in [0.2, 0.25) is 11.8 Å². The van der Waals surface area contributed by atoms with Crippen molar-refractivity contribution in [3.05, 3.63) is 42.1 Å². The lowest BCUT2D eigenvalue weighted by Crippen LogP contribution is -2.30. The molecular formula is C19H20N4O2. The highest BCUT2D eigenvalue weighted by Crippen LogP contribution is 2.23. The van der Waals surface area contributed by atoms with Crippen LogP contribution in [0, 0.1) is 17.2 Å². The zero-order valence-corrected chi connectivity index (χ0v) is 13.9. The second-order valence-electron chi connectivity index (χ2n) is 6.21. The topological polar surface area (TPSA) is 92.1 Å². The van der Waals surface area contributed by atoms with Crippen molar-refractivity contribution in [2.24, 2.45) is 11.7 Å². The number of carbonyl (C=O) groups excluding carboxylic acids is 2. The minimum absolute atomic E-state index is 0.113. The molecule has 0 bridgehead atoms. The van der Waals surface area contributed by atoms with Crippen LogP contribution in [0.1, 0.15) is 18.4 Å². The van der Waals surface area contributed by atoms with Crippen LogP contribution in [0.3, 0.4) is 0 Å². The van der Waals surface area contributed by atoms with Gasteiger partial charge in [-0.05, 0) is 18.6 Å². The van der Waals surface area contributed by atoms with Gasteiger partial charge in [0, 0.05) is 48.4 Å². The highest BCUT2D eigenvalue weighted by atomic mass is 16.2. The number of aromatic nitrogens is 1. The summed E-state index contributed by atoms with van der Waals surface area (Å²) in [6.45, 7) is 1.56. The fourth-order valence-corrected chi connectivity index (χ4v) is 3.22. The van der Waals surface area contributed by atoms with Crippen LogP contribution in [-0.2, 0) is 16.1 Å². The molecule has 1 aliphatic rings. The third-order valence-electron chi connectivity index (χ3n) is 4.59. The molecule has 1 atom stereocenters. The van der Waals surface area contributed by atoms with E-state index in [1.54, 1.807) is 17.1 Å². The van der Waals surface area contributed by atoms with Crippen molar-refractivity contribution >= 4 is 28.8 Å². The smallest absolute Gasteiger partial charge is 0.246 e. The van der Waals surface area contributed by atoms with E-state index in [-0.39, 0.29) is 17.7 Å². The highest BCUT2D eigenvalue weighted by Gasteiger charge is 2.28. The third kappa shape index (κ3) is 3.56. The lowest BCUT2D eigenvalue weighted by Gasteiger charge is -2.12. The second kappa shape index (κ2) is 7.22. The number of hydrogen-bond donors (Lipinski definition) is 1. The molecule has 1 aliphatic heterocycles. The number of nitrogens with two attached hydrogens (primary N) is 1. The molecule has 25 heavy (non-hydrogen) atoms. The van der Waals surface area contributed by atoms with Crippen LogP contribution in [0.25, 0.3) is 17.0 Å². The van der Waals surface area contributed by atoms with E-state index in [0.29, 0.717) is 32.5 Å². The molecule has 0 saturated carbocycles. The van der Waals surface area contributed by atoms with E-state index < -0.39 is 0 Å². The van der Waals surface area contributed by atoms with Gasteiger partial charge in [-0.2, -0.15) is 5.26 Å². The molecule has 1 fully saturated rings. The molecule has 2 aromatic rings. The summed E-state index contributed by atoms with van der Waals surface area (Å²) in [5, 5.41) is 9.85. The largest absolute Gasteiger partial charge is 0.369 e. The Balaban J connectivity index is 1.78. The van der Waals surface area contributed by atoms with Crippen molar-refractivity contribution in [3.63, 3.8) is 0 Å². The Labute approximate surface area is 146 Å². The first kappa shape index (κ1) is 16.8. The number of amides is 2. The normalized spacial score (nSPS) is 17.2. The third-order valence-corrected chi connectivity index (χ3v) is 4.59. The Morgan fingerprint density at radius 3 is 2.88 bits per heavy atom. The van der Waals surface area contributed by atoms with E-state index in [1.807, 2.05) is 35.0 Å². The minimum atomic E-state index is -0.347. The van der Waals surface area contributed by atoms with Gasteiger partial charge in [0.25, 0.3) is 0 Å². The van der Waals surface area contributed by atoms with Gasteiger partial charge in [-0.15, -0.1) is 0 Å². The maximum Gasteiger partial charge on any atom is 0.246 e. The monoisotopic (exact) mass is 336 g/mol. The summed E-state index contributed by atoms with van der Waals surface area (Å²) < 4.78 is 2.03. The minimum Gasteiger partial charge on any atom is -0.369 e. The number of carbonyl (C=O) groups is 2. The molecule has 1 aromatic heterocycles. The Morgan fingerprint density at radius 1 is 1.36 bits per heavy atom. The Hall–Kier alpha value is -3.07. The van der Waals surface area contributed by atoms with E-state index in [1.165, 1.54) is 0 Å². The van der Waals surface area contributed by atoms with Gasteiger partial charge in [-0.1, -0.05) is 18.2 Å². The molecule has 1 aromatic carbocycles. The van der Waals surface area contributed by atoms with E-state index in [9.17, 15) is 9.59 Å². The summed E-state index contributed by atoms with van der Waals surface area (Å²) in [5.74, 6) is -0.706. The molecule has 6 heteroatoms. The summed E-state index contributed by atoms with van der Waals surface area (Å²) in [5.41, 5.74) is 7.29. The lowest BCUT2D eigenvalue weighted by atomic mass is 10.1. The van der Waals surface area contributed by atoms with Gasteiger partial charge in [-0.3, -0.25) is 9.59 Å². The van der Waals surface area contributed by atoms with Gasteiger partial charge < -0.3 is 15.2 Å². The SMILES string of the molecule is N#CCCn1cc(/C=C/C(=O)N2CC[C@H](C(N)=O)C2)c2ccccc21. The fraction of sp³-hybridized carbons (Fsp3) is 0.316. The molecule has 2 amide bonds. The summed E-state index contributed by atoms with van der Waals surface area (Å²) in [7, 11) is 0. The molecule has 3 rings (SSSR count). The van der Waals surface area contributed by atoms with Crippen LogP contribution in [0.5, 0.6) is 0 Å². The first-order valence-electron chi connectivity index (χ1n) is 8.31. The number of nitriles is 1. The van der Waals surface area contributed by atoms with Crippen LogP contribution in [0.15, 0.2) is 36.5 Å². The van der Waals surface area contributed by atoms with Crippen LogP contribution < -0.4 is 5.73 Å². The van der Waals surface area contributed by atoms with E-state index in [4.69, 9.17) is 11.0 Å². The molecule has 2 heterocycles. The molecule has 1 saturated heterocycles. The number of aryl methyl sites for hydroxylation is 1. The van der Waals surface area contributed by atoms with Gasteiger partial charge in [-0.25, -0.2) is 0 Å². The van der Waals surface area contributed by atoms with E-state index in [2.05, 4.69) is 6.07 Å². The second-order valence-corrected chi connectivity index (χ2v) is 6.21. The number of para-hydroxylation sites is 1. The van der Waals surface area contributed by atoms with Crippen molar-refractivity contribution in [3.8, 4) is 6.07 Å². The molecule has 6 nitrogen and oxygen atoms in total. The Kier molecular flexibility index (Phi) is 4.85. The average Bonchev–Trinajstić information content (AvgIpc) is 3.23.